The van der Waals surface area contributed by atoms with E-state index in [1.165, 1.54) is 21.2 Å². The fraction of sp³-hybridized carbons (Fsp3) is 0.455. The summed E-state index contributed by atoms with van der Waals surface area (Å²) in [4.78, 5) is 0. The number of benzene rings is 1. The normalized spacial score (nSPS) is 10.8. The summed E-state index contributed by atoms with van der Waals surface area (Å²) in [5.41, 5.74) is 4.15. The molecule has 0 nitrogen and oxygen atoms in total. The van der Waals surface area contributed by atoms with Gasteiger partial charge in [-0.2, -0.15) is 0 Å². The minimum Gasteiger partial charge on any atom is -0.0587 e. The van der Waals surface area contributed by atoms with Gasteiger partial charge in [-0.3, -0.25) is 0 Å². The molecular formula is C11H15Br. The molecule has 66 valence electrons. The van der Waals surface area contributed by atoms with Crippen molar-refractivity contribution >= 4 is 15.9 Å². The van der Waals surface area contributed by atoms with Crippen LogP contribution in [0.15, 0.2) is 16.6 Å². The number of rotatable bonds is 1. The molecule has 0 spiro atoms. The fourth-order valence-electron chi connectivity index (χ4n) is 1.44. The number of hydrogen-bond acceptors (Lipinski definition) is 0. The zero-order chi connectivity index (χ0) is 9.30. The highest BCUT2D eigenvalue weighted by Crippen LogP contribution is 2.27. The Kier molecular flexibility index (Phi) is 2.94. The molecule has 0 bridgehead atoms. The van der Waals surface area contributed by atoms with Gasteiger partial charge in [0.15, 0.2) is 0 Å². The van der Waals surface area contributed by atoms with Crippen molar-refractivity contribution in [3.63, 3.8) is 0 Å². The molecule has 1 heteroatoms. The van der Waals surface area contributed by atoms with E-state index in [9.17, 15) is 0 Å². The first-order valence-corrected chi connectivity index (χ1v) is 5.08. The van der Waals surface area contributed by atoms with Crippen molar-refractivity contribution in [2.45, 2.75) is 33.6 Å². The van der Waals surface area contributed by atoms with E-state index in [-0.39, 0.29) is 0 Å². The highest BCUT2D eigenvalue weighted by Gasteiger charge is 2.06. The van der Waals surface area contributed by atoms with Crippen LogP contribution in [0, 0.1) is 13.8 Å². The summed E-state index contributed by atoms with van der Waals surface area (Å²) in [6.07, 6.45) is 0. The molecular weight excluding hydrogens is 212 g/mol. The van der Waals surface area contributed by atoms with Crippen LogP contribution in [0.5, 0.6) is 0 Å². The monoisotopic (exact) mass is 226 g/mol. The maximum atomic E-state index is 3.57. The lowest BCUT2D eigenvalue weighted by Crippen LogP contribution is -1.93. The molecule has 1 rings (SSSR count). The van der Waals surface area contributed by atoms with E-state index in [0.717, 1.165) is 0 Å². The summed E-state index contributed by atoms with van der Waals surface area (Å²) in [6, 6.07) is 4.44. The summed E-state index contributed by atoms with van der Waals surface area (Å²) in [7, 11) is 0. The predicted octanol–water partition coefficient (Wildman–Crippen LogP) is 4.19. The van der Waals surface area contributed by atoms with Crippen molar-refractivity contribution in [3.05, 3.63) is 33.3 Å². The zero-order valence-electron chi connectivity index (χ0n) is 8.11. The van der Waals surface area contributed by atoms with Gasteiger partial charge in [-0.15, -0.1) is 0 Å². The Morgan fingerprint density at radius 1 is 1.17 bits per heavy atom. The Morgan fingerprint density at radius 3 is 2.25 bits per heavy atom. The lowest BCUT2D eigenvalue weighted by molar-refractivity contribution is 0.853. The van der Waals surface area contributed by atoms with E-state index in [1.54, 1.807) is 0 Å². The average molecular weight is 227 g/mol. The Hall–Kier alpha value is -0.300. The van der Waals surface area contributed by atoms with Gasteiger partial charge in [0.2, 0.25) is 0 Å². The smallest absolute Gasteiger partial charge is 0.0209 e. The zero-order valence-corrected chi connectivity index (χ0v) is 9.70. The molecule has 0 N–H and O–H groups in total. The molecule has 12 heavy (non-hydrogen) atoms. The van der Waals surface area contributed by atoms with Gasteiger partial charge in [0, 0.05) is 4.47 Å². The van der Waals surface area contributed by atoms with Crippen LogP contribution in [-0.4, -0.2) is 0 Å². The summed E-state index contributed by atoms with van der Waals surface area (Å²) in [6.45, 7) is 8.76. The molecule has 0 amide bonds. The van der Waals surface area contributed by atoms with Gasteiger partial charge in [0.05, 0.1) is 0 Å². The Morgan fingerprint density at radius 2 is 1.75 bits per heavy atom. The van der Waals surface area contributed by atoms with E-state index >= 15 is 0 Å². The van der Waals surface area contributed by atoms with Crippen molar-refractivity contribution < 1.29 is 0 Å². The van der Waals surface area contributed by atoms with Crippen LogP contribution in [-0.2, 0) is 0 Å². The van der Waals surface area contributed by atoms with E-state index in [4.69, 9.17) is 0 Å². The van der Waals surface area contributed by atoms with Gasteiger partial charge in [-0.25, -0.2) is 0 Å². The molecule has 0 aliphatic carbocycles. The molecule has 0 unspecified atom stereocenters. The van der Waals surface area contributed by atoms with Gasteiger partial charge < -0.3 is 0 Å². The highest BCUT2D eigenvalue weighted by molar-refractivity contribution is 9.10. The third kappa shape index (κ3) is 1.89. The molecule has 0 saturated heterocycles. The summed E-state index contributed by atoms with van der Waals surface area (Å²) >= 11 is 3.57. The largest absolute Gasteiger partial charge is 0.0587 e. The number of aryl methyl sites for hydroxylation is 1. The molecule has 1 aromatic rings. The summed E-state index contributed by atoms with van der Waals surface area (Å²) < 4.78 is 1.23. The van der Waals surface area contributed by atoms with Crippen molar-refractivity contribution in [2.75, 3.05) is 0 Å². The van der Waals surface area contributed by atoms with Gasteiger partial charge >= 0.3 is 0 Å². The van der Waals surface area contributed by atoms with Crippen molar-refractivity contribution in [1.29, 1.82) is 0 Å². The first-order chi connectivity index (χ1) is 5.52. The topological polar surface area (TPSA) is 0 Å². The number of hydrogen-bond donors (Lipinski definition) is 0. The molecule has 0 atom stereocenters. The third-order valence-electron chi connectivity index (χ3n) is 2.15. The SMILES string of the molecule is Cc1cc(Br)c(C)c(C(C)C)c1. The van der Waals surface area contributed by atoms with Gasteiger partial charge in [-0.1, -0.05) is 35.8 Å². The fourth-order valence-corrected chi connectivity index (χ4v) is 2.03. The molecule has 0 aliphatic rings. The standard InChI is InChI=1S/C11H15Br/c1-7(2)10-5-8(3)6-11(12)9(10)4/h5-7H,1-4H3. The van der Waals surface area contributed by atoms with Gasteiger partial charge in [0.25, 0.3) is 0 Å². The van der Waals surface area contributed by atoms with Gasteiger partial charge in [-0.05, 0) is 42.5 Å². The van der Waals surface area contributed by atoms with Crippen LogP contribution >= 0.6 is 15.9 Å². The molecule has 0 radical (unpaired) electrons. The lowest BCUT2D eigenvalue weighted by atomic mass is 9.96. The Labute approximate surface area is 83.1 Å². The maximum Gasteiger partial charge on any atom is 0.0209 e. The van der Waals surface area contributed by atoms with Crippen molar-refractivity contribution in [3.8, 4) is 0 Å². The van der Waals surface area contributed by atoms with Crippen molar-refractivity contribution in [2.24, 2.45) is 0 Å². The van der Waals surface area contributed by atoms with Crippen LogP contribution in [0.4, 0.5) is 0 Å². The summed E-state index contributed by atoms with van der Waals surface area (Å²) in [5, 5.41) is 0. The molecule has 0 aliphatic heterocycles. The Balaban J connectivity index is 3.28. The maximum absolute atomic E-state index is 3.57. The molecule has 0 fully saturated rings. The van der Waals surface area contributed by atoms with Crippen LogP contribution in [0.2, 0.25) is 0 Å². The van der Waals surface area contributed by atoms with Crippen LogP contribution in [0.1, 0.15) is 36.5 Å². The van der Waals surface area contributed by atoms with Crippen LogP contribution in [0.3, 0.4) is 0 Å². The number of halogens is 1. The average Bonchev–Trinajstić information content (AvgIpc) is 1.96. The predicted molar refractivity (Wildman–Crippen MR) is 57.7 cm³/mol. The van der Waals surface area contributed by atoms with E-state index in [0.29, 0.717) is 5.92 Å². The first kappa shape index (κ1) is 9.79. The molecule has 0 saturated carbocycles. The van der Waals surface area contributed by atoms with E-state index in [1.807, 2.05) is 0 Å². The molecule has 0 heterocycles. The second-order valence-electron chi connectivity index (χ2n) is 3.62. The minimum absolute atomic E-state index is 0.612. The third-order valence-corrected chi connectivity index (χ3v) is 2.97. The summed E-state index contributed by atoms with van der Waals surface area (Å²) in [5.74, 6) is 0.612. The van der Waals surface area contributed by atoms with E-state index in [2.05, 4.69) is 55.8 Å². The highest BCUT2D eigenvalue weighted by atomic mass is 79.9. The second-order valence-corrected chi connectivity index (χ2v) is 4.47. The lowest BCUT2D eigenvalue weighted by Gasteiger charge is -2.12. The second kappa shape index (κ2) is 3.61. The molecule has 0 aromatic heterocycles. The van der Waals surface area contributed by atoms with E-state index < -0.39 is 0 Å². The quantitative estimate of drug-likeness (QED) is 0.674. The minimum atomic E-state index is 0.612. The Bertz CT molecular complexity index is 287. The first-order valence-electron chi connectivity index (χ1n) is 4.29. The van der Waals surface area contributed by atoms with Crippen LogP contribution < -0.4 is 0 Å². The van der Waals surface area contributed by atoms with Crippen LogP contribution in [0.25, 0.3) is 0 Å². The van der Waals surface area contributed by atoms with Gasteiger partial charge in [0.1, 0.15) is 0 Å². The molecule has 1 aromatic carbocycles. The van der Waals surface area contributed by atoms with Crippen molar-refractivity contribution in [1.82, 2.24) is 0 Å².